The van der Waals surface area contributed by atoms with Crippen LogP contribution >= 0.6 is 11.8 Å². The second kappa shape index (κ2) is 7.15. The number of pyridine rings is 1. The lowest BCUT2D eigenvalue weighted by Gasteiger charge is -2.31. The maximum Gasteiger partial charge on any atom is 0.0458 e. The lowest BCUT2D eigenvalue weighted by molar-refractivity contribution is 0.476. The van der Waals surface area contributed by atoms with E-state index in [2.05, 4.69) is 48.2 Å². The summed E-state index contributed by atoms with van der Waals surface area (Å²) in [6.45, 7) is 5.52. The van der Waals surface area contributed by atoms with Crippen molar-refractivity contribution in [1.29, 1.82) is 0 Å². The molecule has 2 heterocycles. The number of nitrogens with one attached hydrogen (secondary N) is 1. The lowest BCUT2D eigenvalue weighted by Crippen LogP contribution is -2.33. The number of nitrogens with zero attached hydrogens (tertiary/aromatic N) is 1. The molecule has 1 aliphatic rings. The van der Waals surface area contributed by atoms with Gasteiger partial charge in [0.25, 0.3) is 0 Å². The third kappa shape index (κ3) is 3.48. The summed E-state index contributed by atoms with van der Waals surface area (Å²) in [6, 6.07) is 2.60. The highest BCUT2D eigenvalue weighted by Gasteiger charge is 2.26. The topological polar surface area (TPSA) is 24.9 Å². The summed E-state index contributed by atoms with van der Waals surface area (Å²) in [6.07, 6.45) is 9.23. The van der Waals surface area contributed by atoms with Crippen molar-refractivity contribution in [2.24, 2.45) is 0 Å². The van der Waals surface area contributed by atoms with Crippen LogP contribution in [0.15, 0.2) is 18.5 Å². The van der Waals surface area contributed by atoms with Gasteiger partial charge in [-0.15, -0.1) is 0 Å². The molecule has 0 radical (unpaired) electrons. The number of hydrogen-bond acceptors (Lipinski definition) is 3. The van der Waals surface area contributed by atoms with Gasteiger partial charge in [-0.05, 0) is 55.7 Å². The molecule has 0 saturated carbocycles. The average molecular weight is 264 g/mol. The molecule has 100 valence electrons. The molecule has 1 fully saturated rings. The fourth-order valence-electron chi connectivity index (χ4n) is 2.57. The first kappa shape index (κ1) is 13.9. The van der Waals surface area contributed by atoms with Crippen LogP contribution in [0.4, 0.5) is 0 Å². The summed E-state index contributed by atoms with van der Waals surface area (Å²) < 4.78 is 0. The van der Waals surface area contributed by atoms with Gasteiger partial charge in [-0.2, -0.15) is 11.8 Å². The highest BCUT2D eigenvalue weighted by molar-refractivity contribution is 8.00. The van der Waals surface area contributed by atoms with Crippen LogP contribution in [-0.2, 0) is 0 Å². The van der Waals surface area contributed by atoms with Gasteiger partial charge in [-0.3, -0.25) is 4.98 Å². The summed E-state index contributed by atoms with van der Waals surface area (Å²) >= 11 is 2.14. The molecule has 18 heavy (non-hydrogen) atoms. The molecule has 1 aromatic rings. The van der Waals surface area contributed by atoms with Crippen LogP contribution < -0.4 is 5.32 Å². The van der Waals surface area contributed by atoms with E-state index in [1.54, 1.807) is 0 Å². The smallest absolute Gasteiger partial charge is 0.0458 e. The van der Waals surface area contributed by atoms with Crippen LogP contribution in [0.5, 0.6) is 0 Å². The first-order chi connectivity index (χ1) is 8.83. The Morgan fingerprint density at radius 1 is 1.50 bits per heavy atom. The predicted molar refractivity (Wildman–Crippen MR) is 80.1 cm³/mol. The van der Waals surface area contributed by atoms with E-state index in [-0.39, 0.29) is 0 Å². The molecular weight excluding hydrogens is 240 g/mol. The van der Waals surface area contributed by atoms with Crippen molar-refractivity contribution in [2.45, 2.75) is 50.8 Å². The molecule has 1 aromatic heterocycles. The van der Waals surface area contributed by atoms with Gasteiger partial charge in [0.2, 0.25) is 0 Å². The molecule has 1 saturated heterocycles. The van der Waals surface area contributed by atoms with Crippen molar-refractivity contribution >= 4 is 11.8 Å². The summed E-state index contributed by atoms with van der Waals surface area (Å²) in [5, 5.41) is 4.45. The second-order valence-electron chi connectivity index (χ2n) is 5.07. The number of aryl methyl sites for hydroxylation is 1. The normalized spacial score (nSPS) is 21.8. The van der Waals surface area contributed by atoms with Gasteiger partial charge in [0.15, 0.2) is 0 Å². The number of hydrogen-bond donors (Lipinski definition) is 1. The molecule has 0 amide bonds. The van der Waals surface area contributed by atoms with Crippen LogP contribution in [0.2, 0.25) is 0 Å². The Bertz CT molecular complexity index is 361. The van der Waals surface area contributed by atoms with E-state index in [9.17, 15) is 0 Å². The second-order valence-corrected chi connectivity index (χ2v) is 6.42. The van der Waals surface area contributed by atoms with Crippen molar-refractivity contribution in [3.05, 3.63) is 29.6 Å². The molecule has 0 aromatic carbocycles. The summed E-state index contributed by atoms with van der Waals surface area (Å²) in [4.78, 5) is 4.32. The van der Waals surface area contributed by atoms with Crippen molar-refractivity contribution in [2.75, 3.05) is 12.3 Å². The zero-order chi connectivity index (χ0) is 12.8. The summed E-state index contributed by atoms with van der Waals surface area (Å²) in [7, 11) is 0. The van der Waals surface area contributed by atoms with E-state index in [1.165, 1.54) is 42.6 Å². The minimum atomic E-state index is 0.476. The Morgan fingerprint density at radius 3 is 3.06 bits per heavy atom. The third-order valence-electron chi connectivity index (χ3n) is 3.62. The van der Waals surface area contributed by atoms with E-state index < -0.39 is 0 Å². The largest absolute Gasteiger partial charge is 0.309 e. The lowest BCUT2D eigenvalue weighted by atomic mass is 9.97. The molecule has 2 rings (SSSR count). The van der Waals surface area contributed by atoms with Gasteiger partial charge < -0.3 is 5.32 Å². The molecule has 0 aliphatic carbocycles. The monoisotopic (exact) mass is 264 g/mol. The molecule has 2 unspecified atom stereocenters. The van der Waals surface area contributed by atoms with Gasteiger partial charge in [-0.1, -0.05) is 13.3 Å². The summed E-state index contributed by atoms with van der Waals surface area (Å²) in [5.41, 5.74) is 2.76. The fourth-order valence-corrected chi connectivity index (χ4v) is 4.01. The van der Waals surface area contributed by atoms with Crippen LogP contribution in [0.3, 0.4) is 0 Å². The minimum Gasteiger partial charge on any atom is -0.309 e. The van der Waals surface area contributed by atoms with Gasteiger partial charge in [0.1, 0.15) is 0 Å². The third-order valence-corrected chi connectivity index (χ3v) is 5.08. The molecule has 1 N–H and O–H groups in total. The number of aromatic nitrogens is 1. The first-order valence-electron chi connectivity index (χ1n) is 7.08. The molecular formula is C15H24N2S. The van der Waals surface area contributed by atoms with Gasteiger partial charge in [0, 0.05) is 23.7 Å². The van der Waals surface area contributed by atoms with E-state index in [4.69, 9.17) is 0 Å². The van der Waals surface area contributed by atoms with Gasteiger partial charge in [0.05, 0.1) is 0 Å². The zero-order valence-electron chi connectivity index (χ0n) is 11.5. The van der Waals surface area contributed by atoms with E-state index >= 15 is 0 Å². The molecule has 2 nitrogen and oxygen atoms in total. The molecule has 3 heteroatoms. The van der Waals surface area contributed by atoms with Crippen LogP contribution in [0.1, 0.15) is 49.8 Å². The standard InChI is InChI=1S/C15H24N2S/c1-3-8-17-15(14-6-4-5-10-18-14)13-11-16-9-7-12(13)2/h7,9,11,14-15,17H,3-6,8,10H2,1-2H3. The Kier molecular flexibility index (Phi) is 5.51. The zero-order valence-corrected chi connectivity index (χ0v) is 12.3. The van der Waals surface area contributed by atoms with Crippen LogP contribution in [0, 0.1) is 6.92 Å². The molecule has 0 spiro atoms. The average Bonchev–Trinajstić information content (AvgIpc) is 2.42. The predicted octanol–water partition coefficient (Wildman–Crippen LogP) is 3.72. The number of thioether (sulfide) groups is 1. The highest BCUT2D eigenvalue weighted by atomic mass is 32.2. The van der Waals surface area contributed by atoms with E-state index in [0.29, 0.717) is 11.3 Å². The van der Waals surface area contributed by atoms with Crippen LogP contribution in [0.25, 0.3) is 0 Å². The van der Waals surface area contributed by atoms with Crippen molar-refractivity contribution in [3.63, 3.8) is 0 Å². The van der Waals surface area contributed by atoms with E-state index in [1.807, 2.05) is 6.20 Å². The highest BCUT2D eigenvalue weighted by Crippen LogP contribution is 2.35. The molecule has 1 aliphatic heterocycles. The van der Waals surface area contributed by atoms with Crippen LogP contribution in [-0.4, -0.2) is 22.5 Å². The fraction of sp³-hybridized carbons (Fsp3) is 0.667. The quantitative estimate of drug-likeness (QED) is 0.877. The van der Waals surface area contributed by atoms with Gasteiger partial charge >= 0.3 is 0 Å². The molecule has 2 atom stereocenters. The molecule has 0 bridgehead atoms. The first-order valence-corrected chi connectivity index (χ1v) is 8.13. The Labute approximate surface area is 115 Å². The Morgan fingerprint density at radius 2 is 2.39 bits per heavy atom. The Hall–Kier alpha value is -0.540. The van der Waals surface area contributed by atoms with Gasteiger partial charge in [-0.25, -0.2) is 0 Å². The summed E-state index contributed by atoms with van der Waals surface area (Å²) in [5.74, 6) is 1.31. The minimum absolute atomic E-state index is 0.476. The van der Waals surface area contributed by atoms with E-state index in [0.717, 1.165) is 6.54 Å². The Balaban J connectivity index is 2.15. The van der Waals surface area contributed by atoms with Crippen molar-refractivity contribution in [3.8, 4) is 0 Å². The number of rotatable bonds is 5. The SMILES string of the molecule is CCCNC(c1cnccc1C)C1CCCCS1. The maximum atomic E-state index is 4.32. The maximum absolute atomic E-state index is 4.32. The van der Waals surface area contributed by atoms with Crippen molar-refractivity contribution < 1.29 is 0 Å². The van der Waals surface area contributed by atoms with Crippen molar-refractivity contribution in [1.82, 2.24) is 10.3 Å².